The van der Waals surface area contributed by atoms with Gasteiger partial charge in [0, 0.05) is 25.4 Å². The van der Waals surface area contributed by atoms with Crippen LogP contribution in [0.4, 0.5) is 10.1 Å². The first-order valence-electron chi connectivity index (χ1n) is 4.46. The highest BCUT2D eigenvalue weighted by atomic mass is 32.1. The maximum Gasteiger partial charge on any atom is 0.220 e. The lowest BCUT2D eigenvalue weighted by Crippen LogP contribution is -2.17. The normalized spacial score (nSPS) is 20.9. The minimum atomic E-state index is 0.135. The highest BCUT2D eigenvalue weighted by molar-refractivity contribution is 7.19. The molecule has 0 saturated carbocycles. The predicted octanol–water partition coefficient (Wildman–Crippen LogP) is 0.273. The number of amides is 1. The molecule has 2 heterocycles. The Labute approximate surface area is 85.7 Å². The average molecular weight is 212 g/mol. The van der Waals surface area contributed by atoms with E-state index in [1.54, 1.807) is 6.20 Å². The number of aromatic nitrogens is 1. The standard InChI is InChI=1S/C8H12N4OS/c9-6-4-12-8(14-6)11-3-5-1-7(13)10-2-5/h4-5H,1-3,9H2,(H,10,13)(H,11,12). The molecule has 76 valence electrons. The Kier molecular flexibility index (Phi) is 2.53. The molecule has 14 heavy (non-hydrogen) atoms. The fraction of sp³-hybridized carbons (Fsp3) is 0.500. The van der Waals surface area contributed by atoms with Gasteiger partial charge < -0.3 is 16.4 Å². The van der Waals surface area contributed by atoms with Crippen molar-refractivity contribution >= 4 is 27.4 Å². The van der Waals surface area contributed by atoms with Crippen LogP contribution in [0.2, 0.25) is 0 Å². The van der Waals surface area contributed by atoms with Crippen molar-refractivity contribution in [2.75, 3.05) is 24.1 Å². The van der Waals surface area contributed by atoms with Gasteiger partial charge in [0.15, 0.2) is 5.13 Å². The Balaban J connectivity index is 1.80. The molecule has 6 heteroatoms. The summed E-state index contributed by atoms with van der Waals surface area (Å²) < 4.78 is 0. The number of nitrogens with zero attached hydrogens (tertiary/aromatic N) is 1. The van der Waals surface area contributed by atoms with Crippen LogP contribution < -0.4 is 16.4 Å². The zero-order valence-electron chi connectivity index (χ0n) is 7.62. The summed E-state index contributed by atoms with van der Waals surface area (Å²) in [4.78, 5) is 15.0. The third kappa shape index (κ3) is 2.14. The van der Waals surface area contributed by atoms with Crippen molar-refractivity contribution in [1.82, 2.24) is 10.3 Å². The Hall–Kier alpha value is -1.30. The molecule has 1 amide bonds. The van der Waals surface area contributed by atoms with E-state index in [9.17, 15) is 4.79 Å². The average Bonchev–Trinajstić information content (AvgIpc) is 2.72. The number of thiazole rings is 1. The molecular weight excluding hydrogens is 200 g/mol. The number of carbonyl (C=O) groups excluding carboxylic acids is 1. The molecule has 0 spiro atoms. The summed E-state index contributed by atoms with van der Waals surface area (Å²) in [6.07, 6.45) is 2.24. The van der Waals surface area contributed by atoms with Crippen molar-refractivity contribution in [3.05, 3.63) is 6.20 Å². The lowest BCUT2D eigenvalue weighted by molar-refractivity contribution is -0.119. The maximum absolute atomic E-state index is 10.9. The lowest BCUT2D eigenvalue weighted by atomic mass is 10.1. The summed E-state index contributed by atoms with van der Waals surface area (Å²) in [6.45, 7) is 1.53. The van der Waals surface area contributed by atoms with Crippen LogP contribution in [0.1, 0.15) is 6.42 Å². The summed E-state index contributed by atoms with van der Waals surface area (Å²) in [6, 6.07) is 0. The summed E-state index contributed by atoms with van der Waals surface area (Å²) in [7, 11) is 0. The lowest BCUT2D eigenvalue weighted by Gasteiger charge is -2.06. The molecule has 1 atom stereocenters. The molecule has 1 aliphatic rings. The van der Waals surface area contributed by atoms with E-state index in [1.165, 1.54) is 11.3 Å². The van der Waals surface area contributed by atoms with Crippen molar-refractivity contribution in [3.8, 4) is 0 Å². The number of carbonyl (C=O) groups is 1. The second-order valence-electron chi connectivity index (χ2n) is 3.32. The summed E-state index contributed by atoms with van der Waals surface area (Å²) in [5.74, 6) is 0.503. The van der Waals surface area contributed by atoms with Gasteiger partial charge >= 0.3 is 0 Å². The molecule has 2 rings (SSSR count). The summed E-state index contributed by atoms with van der Waals surface area (Å²) in [5, 5.41) is 7.48. The largest absolute Gasteiger partial charge is 0.389 e. The number of nitrogens with one attached hydrogen (secondary N) is 2. The number of anilines is 2. The van der Waals surface area contributed by atoms with Gasteiger partial charge in [-0.05, 0) is 0 Å². The smallest absolute Gasteiger partial charge is 0.220 e. The van der Waals surface area contributed by atoms with Gasteiger partial charge in [-0.15, -0.1) is 0 Å². The van der Waals surface area contributed by atoms with Gasteiger partial charge in [0.2, 0.25) is 5.91 Å². The summed E-state index contributed by atoms with van der Waals surface area (Å²) in [5.41, 5.74) is 5.53. The van der Waals surface area contributed by atoms with Crippen LogP contribution in [-0.2, 0) is 4.79 Å². The molecule has 4 N–H and O–H groups in total. The van der Waals surface area contributed by atoms with E-state index in [1.807, 2.05) is 0 Å². The number of nitrogens with two attached hydrogens (primary N) is 1. The van der Waals surface area contributed by atoms with Crippen molar-refractivity contribution < 1.29 is 4.79 Å². The van der Waals surface area contributed by atoms with Crippen LogP contribution in [0.5, 0.6) is 0 Å². The number of nitrogen functional groups attached to an aromatic ring is 1. The first-order chi connectivity index (χ1) is 6.74. The summed E-state index contributed by atoms with van der Waals surface area (Å²) >= 11 is 1.42. The molecule has 1 aromatic heterocycles. The topological polar surface area (TPSA) is 80.0 Å². The fourth-order valence-electron chi connectivity index (χ4n) is 1.41. The number of hydrogen-bond acceptors (Lipinski definition) is 5. The third-order valence-corrected chi connectivity index (χ3v) is 2.91. The Morgan fingerprint density at radius 2 is 2.64 bits per heavy atom. The zero-order valence-corrected chi connectivity index (χ0v) is 8.43. The quantitative estimate of drug-likeness (QED) is 0.672. The minimum Gasteiger partial charge on any atom is -0.389 e. The minimum absolute atomic E-state index is 0.135. The second kappa shape index (κ2) is 3.83. The maximum atomic E-state index is 10.9. The van der Waals surface area contributed by atoms with Crippen LogP contribution >= 0.6 is 11.3 Å². The molecule has 5 nitrogen and oxygen atoms in total. The Bertz CT molecular complexity index is 338. The van der Waals surface area contributed by atoms with Crippen LogP contribution in [0.3, 0.4) is 0 Å². The van der Waals surface area contributed by atoms with Crippen molar-refractivity contribution in [2.45, 2.75) is 6.42 Å². The van der Waals surface area contributed by atoms with E-state index in [-0.39, 0.29) is 5.91 Å². The Morgan fingerprint density at radius 1 is 1.79 bits per heavy atom. The van der Waals surface area contributed by atoms with E-state index in [0.717, 1.165) is 18.2 Å². The van der Waals surface area contributed by atoms with Crippen LogP contribution in [-0.4, -0.2) is 24.0 Å². The number of hydrogen-bond donors (Lipinski definition) is 3. The van der Waals surface area contributed by atoms with Gasteiger partial charge in [0.1, 0.15) is 5.00 Å². The molecule has 1 unspecified atom stereocenters. The molecular formula is C8H12N4OS. The van der Waals surface area contributed by atoms with Crippen LogP contribution in [0.25, 0.3) is 0 Å². The van der Waals surface area contributed by atoms with Crippen LogP contribution in [0, 0.1) is 5.92 Å². The predicted molar refractivity (Wildman–Crippen MR) is 56.1 cm³/mol. The molecule has 1 fully saturated rings. The zero-order chi connectivity index (χ0) is 9.97. The molecule has 0 aliphatic carbocycles. The molecule has 1 saturated heterocycles. The molecule has 1 aromatic rings. The first-order valence-corrected chi connectivity index (χ1v) is 5.27. The van der Waals surface area contributed by atoms with Gasteiger partial charge in [-0.2, -0.15) is 0 Å². The SMILES string of the molecule is Nc1cnc(NCC2CNC(=O)C2)s1. The van der Waals surface area contributed by atoms with E-state index < -0.39 is 0 Å². The monoisotopic (exact) mass is 212 g/mol. The number of rotatable bonds is 3. The van der Waals surface area contributed by atoms with Crippen molar-refractivity contribution in [3.63, 3.8) is 0 Å². The molecule has 0 radical (unpaired) electrons. The highest BCUT2D eigenvalue weighted by Gasteiger charge is 2.20. The highest BCUT2D eigenvalue weighted by Crippen LogP contribution is 2.20. The molecule has 0 aromatic carbocycles. The molecule has 0 bridgehead atoms. The van der Waals surface area contributed by atoms with Crippen LogP contribution in [0.15, 0.2) is 6.20 Å². The van der Waals surface area contributed by atoms with Gasteiger partial charge in [-0.1, -0.05) is 11.3 Å². The van der Waals surface area contributed by atoms with Gasteiger partial charge in [-0.25, -0.2) is 4.98 Å². The van der Waals surface area contributed by atoms with E-state index in [4.69, 9.17) is 5.73 Å². The van der Waals surface area contributed by atoms with Crippen molar-refractivity contribution in [1.29, 1.82) is 0 Å². The van der Waals surface area contributed by atoms with Gasteiger partial charge in [-0.3, -0.25) is 4.79 Å². The second-order valence-corrected chi connectivity index (χ2v) is 4.39. The first kappa shape index (κ1) is 9.26. The Morgan fingerprint density at radius 3 is 3.21 bits per heavy atom. The van der Waals surface area contributed by atoms with E-state index in [0.29, 0.717) is 17.3 Å². The van der Waals surface area contributed by atoms with Crippen molar-refractivity contribution in [2.24, 2.45) is 5.92 Å². The van der Waals surface area contributed by atoms with Gasteiger partial charge in [0.25, 0.3) is 0 Å². The fourth-order valence-corrected chi connectivity index (χ4v) is 2.00. The molecule has 1 aliphatic heterocycles. The van der Waals surface area contributed by atoms with Gasteiger partial charge in [0.05, 0.1) is 6.20 Å². The van der Waals surface area contributed by atoms with E-state index in [2.05, 4.69) is 15.6 Å². The third-order valence-electron chi connectivity index (χ3n) is 2.13. The van der Waals surface area contributed by atoms with E-state index >= 15 is 0 Å².